The number of carbonyl (C=O) groups excluding carboxylic acids is 4. The van der Waals surface area contributed by atoms with Gasteiger partial charge >= 0.3 is 5.92 Å². The summed E-state index contributed by atoms with van der Waals surface area (Å²) in [6.45, 7) is -0.933. The van der Waals surface area contributed by atoms with Gasteiger partial charge in [-0.05, 0) is 49.7 Å². The number of hydrogen-bond donors (Lipinski definition) is 2. The molecule has 0 unspecified atom stereocenters. The molecule has 0 spiro atoms. The van der Waals surface area contributed by atoms with Gasteiger partial charge in [0.1, 0.15) is 12.7 Å². The zero-order valence-corrected chi connectivity index (χ0v) is 19.7. The fraction of sp³-hybridized carbons (Fsp3) is 0.583. The first-order valence-corrected chi connectivity index (χ1v) is 12.1. The van der Waals surface area contributed by atoms with Gasteiger partial charge in [0.15, 0.2) is 5.78 Å². The van der Waals surface area contributed by atoms with E-state index in [2.05, 4.69) is 10.6 Å². The Morgan fingerprint density at radius 3 is 2.66 bits per heavy atom. The Morgan fingerprint density at radius 1 is 1.23 bits per heavy atom. The van der Waals surface area contributed by atoms with Crippen LogP contribution in [0.1, 0.15) is 37.7 Å². The number of fused-ring (bicyclic) bond motifs is 1. The molecule has 0 radical (unpaired) electrons. The highest BCUT2D eigenvalue weighted by Crippen LogP contribution is 2.44. The van der Waals surface area contributed by atoms with Gasteiger partial charge in [-0.1, -0.05) is 30.2 Å². The van der Waals surface area contributed by atoms with Gasteiger partial charge in [-0.3, -0.25) is 19.2 Å². The minimum atomic E-state index is -3.92. The largest absolute Gasteiger partial charge is 0.356 e. The number of nitrogens with one attached hydrogen (secondary N) is 2. The molecule has 11 heteroatoms. The third kappa shape index (κ3) is 5.03. The molecule has 2 aliphatic heterocycles. The average Bonchev–Trinajstić information content (AvgIpc) is 3.53. The van der Waals surface area contributed by atoms with Crippen LogP contribution in [0.3, 0.4) is 0 Å². The molecule has 190 valence electrons. The van der Waals surface area contributed by atoms with Crippen molar-refractivity contribution in [3.05, 3.63) is 34.9 Å². The molecule has 7 nitrogen and oxygen atoms in total. The third-order valence-electron chi connectivity index (χ3n) is 7.40. The summed E-state index contributed by atoms with van der Waals surface area (Å²) < 4.78 is 43.7. The van der Waals surface area contributed by atoms with Crippen LogP contribution in [-0.4, -0.2) is 60.3 Å². The molecular weight excluding hydrogens is 487 g/mol. The molecule has 35 heavy (non-hydrogen) atoms. The minimum Gasteiger partial charge on any atom is -0.356 e. The van der Waals surface area contributed by atoms with Gasteiger partial charge in [0.25, 0.3) is 5.91 Å². The van der Waals surface area contributed by atoms with Crippen LogP contribution < -0.4 is 10.6 Å². The molecule has 0 aromatic heterocycles. The Balaban J connectivity index is 1.57. The molecule has 3 fully saturated rings. The lowest BCUT2D eigenvalue weighted by Crippen LogP contribution is -2.55. The van der Waals surface area contributed by atoms with Crippen LogP contribution in [0.5, 0.6) is 0 Å². The fourth-order valence-electron chi connectivity index (χ4n) is 5.61. The first-order valence-electron chi connectivity index (χ1n) is 11.7. The van der Waals surface area contributed by atoms with Gasteiger partial charge in [-0.25, -0.2) is 4.39 Å². The molecule has 1 aromatic carbocycles. The van der Waals surface area contributed by atoms with E-state index in [1.807, 2.05) is 0 Å². The first-order chi connectivity index (χ1) is 16.6. The van der Waals surface area contributed by atoms with Gasteiger partial charge in [0.2, 0.25) is 11.8 Å². The van der Waals surface area contributed by atoms with Crippen LogP contribution in [0.25, 0.3) is 0 Å². The summed E-state index contributed by atoms with van der Waals surface area (Å²) in [6, 6.07) is 2.33. The second kappa shape index (κ2) is 10.2. The maximum atomic E-state index is 15.2. The van der Waals surface area contributed by atoms with E-state index in [0.717, 1.165) is 23.5 Å². The van der Waals surface area contributed by atoms with Crippen LogP contribution in [-0.2, 0) is 25.1 Å². The van der Waals surface area contributed by atoms with E-state index >= 15 is 8.78 Å². The summed E-state index contributed by atoms with van der Waals surface area (Å²) in [5, 5.41) is 5.16. The van der Waals surface area contributed by atoms with Gasteiger partial charge in [-0.15, -0.1) is 0 Å². The van der Waals surface area contributed by atoms with Crippen molar-refractivity contribution in [2.24, 2.45) is 17.8 Å². The molecule has 1 aliphatic carbocycles. The zero-order chi connectivity index (χ0) is 25.3. The fourth-order valence-corrected chi connectivity index (χ4v) is 5.80. The number of halogens is 4. The predicted octanol–water partition coefficient (Wildman–Crippen LogP) is 2.61. The van der Waals surface area contributed by atoms with Crippen LogP contribution in [0.15, 0.2) is 24.3 Å². The van der Waals surface area contributed by atoms with E-state index in [4.69, 9.17) is 11.6 Å². The van der Waals surface area contributed by atoms with Crippen LogP contribution in [0, 0.1) is 17.8 Å². The smallest absolute Gasteiger partial charge is 0.350 e. The molecule has 2 saturated heterocycles. The summed E-state index contributed by atoms with van der Waals surface area (Å²) in [4.78, 5) is 51.5. The lowest BCUT2D eigenvalue weighted by atomic mass is 9.92. The Kier molecular flexibility index (Phi) is 7.40. The van der Waals surface area contributed by atoms with E-state index in [9.17, 15) is 23.6 Å². The number of likely N-dealkylation sites (tertiary alicyclic amines) is 1. The predicted molar refractivity (Wildman–Crippen MR) is 120 cm³/mol. The van der Waals surface area contributed by atoms with Crippen LogP contribution >= 0.6 is 11.6 Å². The van der Waals surface area contributed by atoms with Crippen LogP contribution in [0.4, 0.5) is 13.2 Å². The summed E-state index contributed by atoms with van der Waals surface area (Å²) in [6.07, 6.45) is 2.40. The second-order valence-electron chi connectivity index (χ2n) is 9.52. The van der Waals surface area contributed by atoms with Gasteiger partial charge in [0, 0.05) is 29.6 Å². The minimum absolute atomic E-state index is 0.00943. The number of hydrogen-bond acceptors (Lipinski definition) is 4. The highest BCUT2D eigenvalue weighted by Gasteiger charge is 2.55. The number of ketones is 1. The first kappa shape index (κ1) is 25.5. The van der Waals surface area contributed by atoms with E-state index < -0.39 is 53.8 Å². The van der Waals surface area contributed by atoms with Gasteiger partial charge in [-0.2, -0.15) is 8.78 Å². The summed E-state index contributed by atoms with van der Waals surface area (Å²) in [5.41, 5.74) is -0.580. The molecule has 1 aromatic rings. The number of nitrogens with zero attached hydrogens (tertiary/aromatic N) is 1. The van der Waals surface area contributed by atoms with E-state index in [-0.39, 0.29) is 35.7 Å². The number of Topliss-reactive ketones (excluding diaryl/α,β-unsaturated/α-hetero) is 1. The quantitative estimate of drug-likeness (QED) is 0.558. The SMILES string of the molecule is O=C1NCC[C@@H]1C[C@@H](NC(=O)[C@H]1[C@H]2CCC[C@H]2CN1C(=O)C(F)(F)c1cccc(Cl)c1)C(=O)CF. The monoisotopic (exact) mass is 513 g/mol. The number of rotatable bonds is 8. The summed E-state index contributed by atoms with van der Waals surface area (Å²) >= 11 is 5.84. The van der Waals surface area contributed by atoms with Crippen molar-refractivity contribution >= 4 is 35.1 Å². The second-order valence-corrected chi connectivity index (χ2v) is 9.95. The number of alkyl halides is 3. The molecule has 3 aliphatic rings. The van der Waals surface area contributed by atoms with E-state index in [0.29, 0.717) is 25.8 Å². The topological polar surface area (TPSA) is 95.6 Å². The number of amides is 3. The molecule has 3 amide bonds. The molecule has 1 saturated carbocycles. The maximum absolute atomic E-state index is 15.2. The molecule has 2 heterocycles. The Bertz CT molecular complexity index is 1020. The molecule has 2 N–H and O–H groups in total. The highest BCUT2D eigenvalue weighted by atomic mass is 35.5. The van der Waals surface area contributed by atoms with Crippen molar-refractivity contribution in [2.45, 2.75) is 50.1 Å². The van der Waals surface area contributed by atoms with Crippen molar-refractivity contribution in [1.29, 1.82) is 0 Å². The van der Waals surface area contributed by atoms with Crippen molar-refractivity contribution in [2.75, 3.05) is 19.8 Å². The Morgan fingerprint density at radius 2 is 2.00 bits per heavy atom. The highest BCUT2D eigenvalue weighted by molar-refractivity contribution is 6.30. The van der Waals surface area contributed by atoms with E-state index in [1.165, 1.54) is 12.1 Å². The lowest BCUT2D eigenvalue weighted by Gasteiger charge is -2.31. The van der Waals surface area contributed by atoms with Crippen molar-refractivity contribution in [3.8, 4) is 0 Å². The Labute approximate surface area is 205 Å². The van der Waals surface area contributed by atoms with Gasteiger partial charge < -0.3 is 15.5 Å². The normalized spacial score (nSPS) is 26.9. The van der Waals surface area contributed by atoms with Gasteiger partial charge in [0.05, 0.1) is 6.04 Å². The summed E-state index contributed by atoms with van der Waals surface area (Å²) in [7, 11) is 0. The van der Waals surface area contributed by atoms with Crippen molar-refractivity contribution < 1.29 is 32.3 Å². The third-order valence-corrected chi connectivity index (χ3v) is 7.63. The molecule has 5 atom stereocenters. The Hall–Kier alpha value is -2.62. The van der Waals surface area contributed by atoms with Crippen LogP contribution in [0.2, 0.25) is 5.02 Å². The zero-order valence-electron chi connectivity index (χ0n) is 18.9. The number of carbonyl (C=O) groups is 4. The standard InChI is InChI=1S/C24H27ClF3N3O4/c25-16-5-2-4-15(10-16)24(27,28)23(35)31-12-14-3-1-6-17(14)20(31)22(34)30-18(19(32)11-26)9-13-7-8-29-21(13)33/h2,4-5,10,13-14,17-18,20H,1,3,6-9,11-12H2,(H,29,33)(H,30,34)/t13-,14+,17+,18-,20-/m1/s1. The molecule has 4 rings (SSSR count). The van der Waals surface area contributed by atoms with Crippen molar-refractivity contribution in [1.82, 2.24) is 15.5 Å². The lowest BCUT2D eigenvalue weighted by molar-refractivity contribution is -0.162. The molecule has 0 bridgehead atoms. The molecular formula is C24H27ClF3N3O4. The maximum Gasteiger partial charge on any atom is 0.350 e. The average molecular weight is 514 g/mol. The van der Waals surface area contributed by atoms with E-state index in [1.54, 1.807) is 0 Å². The number of benzene rings is 1. The van der Waals surface area contributed by atoms with Crippen molar-refractivity contribution in [3.63, 3.8) is 0 Å². The summed E-state index contributed by atoms with van der Waals surface area (Å²) in [5.74, 6) is -8.43.